The van der Waals surface area contributed by atoms with Crippen molar-refractivity contribution in [3.05, 3.63) is 41.2 Å². The van der Waals surface area contributed by atoms with Crippen molar-refractivity contribution in [1.29, 1.82) is 0 Å². The Morgan fingerprint density at radius 3 is 3.23 bits per heavy atom. The van der Waals surface area contributed by atoms with Crippen molar-refractivity contribution in [3.8, 4) is 0 Å². The van der Waals surface area contributed by atoms with Gasteiger partial charge in [-0.1, -0.05) is 17.8 Å². The van der Waals surface area contributed by atoms with Crippen LogP contribution < -0.4 is 10.6 Å². The van der Waals surface area contributed by atoms with E-state index in [0.29, 0.717) is 12.3 Å². The highest BCUT2D eigenvalue weighted by molar-refractivity contribution is 7.99. The highest BCUT2D eigenvalue weighted by atomic mass is 32.2. The van der Waals surface area contributed by atoms with E-state index >= 15 is 0 Å². The number of aromatic amines is 1. The molecule has 4 rings (SSSR count). The molecule has 8 heteroatoms. The number of fused-ring (bicyclic) bond motifs is 2. The van der Waals surface area contributed by atoms with Crippen LogP contribution in [0.2, 0.25) is 0 Å². The first-order valence-corrected chi connectivity index (χ1v) is 9.78. The molecule has 2 aromatic heterocycles. The first kappa shape index (κ1) is 17.1. The van der Waals surface area contributed by atoms with E-state index in [0.717, 1.165) is 47.9 Å². The minimum absolute atomic E-state index is 0.0204. The van der Waals surface area contributed by atoms with Crippen molar-refractivity contribution in [2.75, 3.05) is 12.3 Å². The molecule has 136 valence electrons. The van der Waals surface area contributed by atoms with Gasteiger partial charge in [-0.25, -0.2) is 4.98 Å². The quantitative estimate of drug-likeness (QED) is 0.598. The molecule has 0 spiro atoms. The van der Waals surface area contributed by atoms with Gasteiger partial charge in [0.15, 0.2) is 5.16 Å². The van der Waals surface area contributed by atoms with Gasteiger partial charge in [-0.3, -0.25) is 9.48 Å². The molecule has 0 radical (unpaired) electrons. The fraction of sp³-hybridized carbons (Fsp3) is 0.389. The number of amides is 1. The van der Waals surface area contributed by atoms with E-state index in [-0.39, 0.29) is 5.91 Å². The van der Waals surface area contributed by atoms with Crippen molar-refractivity contribution in [1.82, 2.24) is 30.4 Å². The van der Waals surface area contributed by atoms with Gasteiger partial charge in [-0.2, -0.15) is 5.10 Å². The lowest BCUT2D eigenvalue weighted by Gasteiger charge is -2.02. The van der Waals surface area contributed by atoms with Crippen molar-refractivity contribution in [2.45, 2.75) is 38.1 Å². The highest BCUT2D eigenvalue weighted by Gasteiger charge is 2.12. The Morgan fingerprint density at radius 2 is 2.31 bits per heavy atom. The largest absolute Gasteiger partial charge is 0.350 e. The molecule has 1 amide bonds. The Balaban J connectivity index is 1.29. The van der Waals surface area contributed by atoms with Crippen LogP contribution in [-0.4, -0.2) is 38.0 Å². The van der Waals surface area contributed by atoms with Gasteiger partial charge in [0.25, 0.3) is 0 Å². The Labute approximate surface area is 156 Å². The van der Waals surface area contributed by atoms with E-state index in [1.54, 1.807) is 0 Å². The van der Waals surface area contributed by atoms with Crippen LogP contribution >= 0.6 is 11.8 Å². The second kappa shape index (κ2) is 7.51. The summed E-state index contributed by atoms with van der Waals surface area (Å²) in [4.78, 5) is 19.9. The van der Waals surface area contributed by atoms with Gasteiger partial charge in [-0.15, -0.1) is 0 Å². The van der Waals surface area contributed by atoms with Crippen LogP contribution in [0.1, 0.15) is 23.4 Å². The van der Waals surface area contributed by atoms with E-state index in [1.165, 1.54) is 23.0 Å². The Hall–Kier alpha value is -2.32. The summed E-state index contributed by atoms with van der Waals surface area (Å²) in [6, 6.07) is 8.15. The molecule has 1 aliphatic rings. The lowest BCUT2D eigenvalue weighted by Crippen LogP contribution is -2.25. The predicted molar refractivity (Wildman–Crippen MR) is 102 cm³/mol. The number of aryl methyl sites for hydroxylation is 2. The minimum atomic E-state index is -0.0204. The molecule has 3 aromatic rings. The van der Waals surface area contributed by atoms with E-state index in [2.05, 4.69) is 37.8 Å². The molecule has 1 aliphatic heterocycles. The van der Waals surface area contributed by atoms with Gasteiger partial charge in [0.05, 0.1) is 34.7 Å². The molecule has 7 nitrogen and oxygen atoms in total. The second-order valence-corrected chi connectivity index (χ2v) is 7.47. The maximum Gasteiger partial charge on any atom is 0.230 e. The third-order valence-corrected chi connectivity index (χ3v) is 5.24. The first-order valence-electron chi connectivity index (χ1n) is 8.79. The van der Waals surface area contributed by atoms with Crippen LogP contribution in [0.4, 0.5) is 0 Å². The average Bonchev–Trinajstić information content (AvgIpc) is 3.15. The molecule has 0 aliphatic carbocycles. The third-order valence-electron chi connectivity index (χ3n) is 4.37. The van der Waals surface area contributed by atoms with Gasteiger partial charge in [0, 0.05) is 13.1 Å². The lowest BCUT2D eigenvalue weighted by atomic mass is 10.2. The van der Waals surface area contributed by atoms with Gasteiger partial charge in [0.2, 0.25) is 5.91 Å². The monoisotopic (exact) mass is 370 g/mol. The molecule has 0 saturated carbocycles. The molecule has 3 heterocycles. The number of benzene rings is 1. The molecule has 1 aromatic carbocycles. The smallest absolute Gasteiger partial charge is 0.230 e. The Kier molecular flexibility index (Phi) is 4.94. The summed E-state index contributed by atoms with van der Waals surface area (Å²) in [5, 5.41) is 11.7. The molecule has 0 bridgehead atoms. The number of nitrogens with one attached hydrogen (secondary N) is 3. The van der Waals surface area contributed by atoms with Crippen molar-refractivity contribution in [2.24, 2.45) is 0 Å². The SMILES string of the molecule is Cc1ccc2nc(SCC(=O)NCc3cc4n(n3)CCCNC4)[nH]c2c1. The van der Waals surface area contributed by atoms with E-state index in [4.69, 9.17) is 0 Å². The average molecular weight is 370 g/mol. The zero-order chi connectivity index (χ0) is 17.9. The van der Waals surface area contributed by atoms with Gasteiger partial charge >= 0.3 is 0 Å². The van der Waals surface area contributed by atoms with E-state index < -0.39 is 0 Å². The van der Waals surface area contributed by atoms with Crippen molar-refractivity contribution >= 4 is 28.7 Å². The first-order chi connectivity index (χ1) is 12.7. The maximum atomic E-state index is 12.1. The lowest BCUT2D eigenvalue weighted by molar-refractivity contribution is -0.118. The van der Waals surface area contributed by atoms with Crippen LogP contribution in [0.5, 0.6) is 0 Å². The summed E-state index contributed by atoms with van der Waals surface area (Å²) in [5.74, 6) is 0.307. The molecule has 0 atom stereocenters. The highest BCUT2D eigenvalue weighted by Crippen LogP contribution is 2.20. The van der Waals surface area contributed by atoms with Crippen molar-refractivity contribution in [3.63, 3.8) is 0 Å². The molecule has 26 heavy (non-hydrogen) atoms. The zero-order valence-electron chi connectivity index (χ0n) is 14.7. The number of thioether (sulfide) groups is 1. The van der Waals surface area contributed by atoms with Crippen LogP contribution in [0, 0.1) is 6.92 Å². The topological polar surface area (TPSA) is 87.6 Å². The number of rotatable bonds is 5. The number of hydrogen-bond acceptors (Lipinski definition) is 5. The van der Waals surface area contributed by atoms with Gasteiger partial charge in [-0.05, 0) is 43.7 Å². The Bertz CT molecular complexity index is 908. The normalized spacial score (nSPS) is 14.2. The summed E-state index contributed by atoms with van der Waals surface area (Å²) in [6.45, 7) is 5.29. The van der Waals surface area contributed by atoms with Crippen molar-refractivity contribution < 1.29 is 4.79 Å². The van der Waals surface area contributed by atoms with Gasteiger partial charge in [0.1, 0.15) is 0 Å². The molecular formula is C18H22N6OS. The number of hydrogen-bond donors (Lipinski definition) is 3. The summed E-state index contributed by atoms with van der Waals surface area (Å²) < 4.78 is 2.03. The molecule has 0 unspecified atom stereocenters. The zero-order valence-corrected chi connectivity index (χ0v) is 15.5. The summed E-state index contributed by atoms with van der Waals surface area (Å²) >= 11 is 1.41. The minimum Gasteiger partial charge on any atom is -0.350 e. The van der Waals surface area contributed by atoms with Crippen LogP contribution in [0.25, 0.3) is 11.0 Å². The number of H-pyrrole nitrogens is 1. The van der Waals surface area contributed by atoms with Crippen LogP contribution in [0.3, 0.4) is 0 Å². The summed E-state index contributed by atoms with van der Waals surface area (Å²) in [5.41, 5.74) is 5.19. The fourth-order valence-electron chi connectivity index (χ4n) is 3.05. The van der Waals surface area contributed by atoms with Crippen LogP contribution in [0.15, 0.2) is 29.4 Å². The Morgan fingerprint density at radius 1 is 1.38 bits per heavy atom. The number of imidazole rings is 1. The molecule has 3 N–H and O–H groups in total. The molecule has 0 fully saturated rings. The number of nitrogens with zero attached hydrogens (tertiary/aromatic N) is 3. The standard InChI is InChI=1S/C18H22N6OS/c1-12-3-4-15-16(7-12)22-18(21-15)26-11-17(25)20-9-13-8-14-10-19-5-2-6-24(14)23-13/h3-4,7-8,19H,2,5-6,9-11H2,1H3,(H,20,25)(H,21,22). The van der Waals surface area contributed by atoms with E-state index in [9.17, 15) is 4.79 Å². The second-order valence-electron chi connectivity index (χ2n) is 6.51. The van der Waals surface area contributed by atoms with Crippen LogP contribution in [-0.2, 0) is 24.4 Å². The maximum absolute atomic E-state index is 12.1. The number of carbonyl (C=O) groups is 1. The predicted octanol–water partition coefficient (Wildman–Crippen LogP) is 1.97. The third kappa shape index (κ3) is 3.91. The number of aromatic nitrogens is 4. The summed E-state index contributed by atoms with van der Waals surface area (Å²) in [6.07, 6.45) is 1.08. The van der Waals surface area contributed by atoms with Gasteiger partial charge < -0.3 is 15.6 Å². The summed E-state index contributed by atoms with van der Waals surface area (Å²) in [7, 11) is 0. The molecular weight excluding hydrogens is 348 g/mol. The number of carbonyl (C=O) groups excluding carboxylic acids is 1. The van der Waals surface area contributed by atoms with E-state index in [1.807, 2.05) is 23.7 Å². The molecule has 0 saturated heterocycles. The fourth-order valence-corrected chi connectivity index (χ4v) is 3.76.